The van der Waals surface area contributed by atoms with Crippen molar-refractivity contribution in [2.24, 2.45) is 0 Å². The molecule has 4 N–H and O–H groups in total. The highest BCUT2D eigenvalue weighted by molar-refractivity contribution is 5.72. The molecule has 6 nitrogen and oxygen atoms in total. The second-order valence-corrected chi connectivity index (χ2v) is 4.46. The van der Waals surface area contributed by atoms with Gasteiger partial charge in [-0.1, -0.05) is 0 Å². The number of nitrogens with two attached hydrogens (primary N) is 1. The molecule has 0 aliphatic carbocycles. The summed E-state index contributed by atoms with van der Waals surface area (Å²) in [6, 6.07) is 3.66. The summed E-state index contributed by atoms with van der Waals surface area (Å²) in [5.41, 5.74) is 9.63. The Morgan fingerprint density at radius 1 is 1.32 bits per heavy atom. The number of ether oxygens (including phenoxy) is 2. The van der Waals surface area contributed by atoms with Gasteiger partial charge in [-0.05, 0) is 6.92 Å². The lowest BCUT2D eigenvalue weighted by molar-refractivity contribution is 0.172. The molecule has 0 saturated heterocycles. The third kappa shape index (κ3) is 2.29. The van der Waals surface area contributed by atoms with Crippen LogP contribution in [0.15, 0.2) is 18.3 Å². The van der Waals surface area contributed by atoms with Crippen LogP contribution in [0.5, 0.6) is 11.5 Å². The molecule has 1 aliphatic heterocycles. The van der Waals surface area contributed by atoms with Gasteiger partial charge in [0.05, 0.1) is 17.6 Å². The summed E-state index contributed by atoms with van der Waals surface area (Å²) in [6.07, 6.45) is 1.80. The van der Waals surface area contributed by atoms with Crippen LogP contribution in [0.3, 0.4) is 0 Å². The Morgan fingerprint density at radius 3 is 2.74 bits per heavy atom. The van der Waals surface area contributed by atoms with E-state index in [0.717, 1.165) is 22.7 Å². The second-order valence-electron chi connectivity index (χ2n) is 4.46. The monoisotopic (exact) mass is 260 g/mol. The number of aromatic nitrogens is 2. The Balaban J connectivity index is 1.79. The van der Waals surface area contributed by atoms with Gasteiger partial charge in [0.1, 0.15) is 13.2 Å². The van der Waals surface area contributed by atoms with E-state index < -0.39 is 0 Å². The molecule has 0 atom stereocenters. The van der Waals surface area contributed by atoms with Crippen molar-refractivity contribution in [1.29, 1.82) is 0 Å². The molecule has 0 fully saturated rings. The Hall–Kier alpha value is -2.37. The lowest BCUT2D eigenvalue weighted by Crippen LogP contribution is -2.16. The number of aryl methyl sites for hydroxylation is 1. The van der Waals surface area contributed by atoms with E-state index in [0.29, 0.717) is 31.2 Å². The van der Waals surface area contributed by atoms with Gasteiger partial charge < -0.3 is 20.5 Å². The number of nitrogen functional groups attached to an aromatic ring is 1. The van der Waals surface area contributed by atoms with E-state index >= 15 is 0 Å². The fourth-order valence-electron chi connectivity index (χ4n) is 2.00. The minimum Gasteiger partial charge on any atom is -0.486 e. The quantitative estimate of drug-likeness (QED) is 0.731. The zero-order valence-corrected chi connectivity index (χ0v) is 10.7. The molecule has 0 amide bonds. The molecule has 0 bridgehead atoms. The summed E-state index contributed by atoms with van der Waals surface area (Å²) in [5.74, 6) is 1.43. The first-order valence-corrected chi connectivity index (χ1v) is 6.16. The minimum atomic E-state index is 0.563. The maximum Gasteiger partial charge on any atom is 0.163 e. The lowest BCUT2D eigenvalue weighted by atomic mass is 10.2. The molecule has 1 aliphatic rings. The van der Waals surface area contributed by atoms with E-state index in [9.17, 15) is 0 Å². The smallest absolute Gasteiger partial charge is 0.163 e. The van der Waals surface area contributed by atoms with Crippen molar-refractivity contribution in [1.82, 2.24) is 10.2 Å². The first-order chi connectivity index (χ1) is 9.24. The highest BCUT2D eigenvalue weighted by atomic mass is 16.6. The molecule has 19 heavy (non-hydrogen) atoms. The highest BCUT2D eigenvalue weighted by Gasteiger charge is 2.14. The number of nitrogens with one attached hydrogen (secondary N) is 2. The molecule has 2 aromatic rings. The first-order valence-electron chi connectivity index (χ1n) is 6.16. The standard InChI is InChI=1S/C13H16N4O2/c1-8-9(7-16-17-8)6-15-11-5-13-12(4-10(11)14)18-2-3-19-13/h4-5,7,15H,2-3,6,14H2,1H3,(H,16,17). The van der Waals surface area contributed by atoms with Crippen LogP contribution < -0.4 is 20.5 Å². The Bertz CT molecular complexity index is 594. The van der Waals surface area contributed by atoms with Crippen LogP contribution in [0.2, 0.25) is 0 Å². The largest absolute Gasteiger partial charge is 0.486 e. The van der Waals surface area contributed by atoms with Gasteiger partial charge in [0, 0.05) is 29.9 Å². The van der Waals surface area contributed by atoms with Gasteiger partial charge >= 0.3 is 0 Å². The van der Waals surface area contributed by atoms with Gasteiger partial charge in [0.2, 0.25) is 0 Å². The molecule has 0 radical (unpaired) electrons. The van der Waals surface area contributed by atoms with E-state index in [-0.39, 0.29) is 0 Å². The molecule has 1 aromatic carbocycles. The van der Waals surface area contributed by atoms with Crippen LogP contribution in [0.4, 0.5) is 11.4 Å². The third-order valence-corrected chi connectivity index (χ3v) is 3.12. The van der Waals surface area contributed by atoms with Crippen LogP contribution in [0, 0.1) is 6.92 Å². The SMILES string of the molecule is Cc1[nH]ncc1CNc1cc2c(cc1N)OCCO2. The predicted molar refractivity (Wildman–Crippen MR) is 72.5 cm³/mol. The number of fused-ring (bicyclic) bond motifs is 1. The van der Waals surface area contributed by atoms with Gasteiger partial charge in [0.15, 0.2) is 11.5 Å². The van der Waals surface area contributed by atoms with Crippen molar-refractivity contribution in [3.05, 3.63) is 29.6 Å². The Kier molecular flexibility index (Phi) is 2.91. The summed E-state index contributed by atoms with van der Waals surface area (Å²) < 4.78 is 11.0. The predicted octanol–water partition coefficient (Wildman–Crippen LogP) is 1.68. The third-order valence-electron chi connectivity index (χ3n) is 3.12. The van der Waals surface area contributed by atoms with E-state index in [1.54, 1.807) is 12.3 Å². The van der Waals surface area contributed by atoms with Gasteiger partial charge in [-0.15, -0.1) is 0 Å². The van der Waals surface area contributed by atoms with Gasteiger partial charge in [-0.3, -0.25) is 5.10 Å². The molecule has 3 rings (SSSR count). The molecular formula is C13H16N4O2. The van der Waals surface area contributed by atoms with Gasteiger partial charge in [-0.2, -0.15) is 5.10 Å². The van der Waals surface area contributed by atoms with Crippen LogP contribution in [-0.2, 0) is 6.54 Å². The summed E-state index contributed by atoms with van der Waals surface area (Å²) in [7, 11) is 0. The summed E-state index contributed by atoms with van der Waals surface area (Å²) in [4.78, 5) is 0. The number of benzene rings is 1. The van der Waals surface area contributed by atoms with Gasteiger partial charge in [0.25, 0.3) is 0 Å². The summed E-state index contributed by atoms with van der Waals surface area (Å²) >= 11 is 0. The van der Waals surface area contributed by atoms with Crippen LogP contribution in [0.1, 0.15) is 11.3 Å². The normalized spacial score (nSPS) is 13.3. The molecule has 0 saturated carbocycles. The number of hydrogen-bond donors (Lipinski definition) is 3. The van der Waals surface area contributed by atoms with E-state index in [2.05, 4.69) is 15.5 Å². The minimum absolute atomic E-state index is 0.563. The van der Waals surface area contributed by atoms with Crippen molar-refractivity contribution >= 4 is 11.4 Å². The second kappa shape index (κ2) is 4.72. The van der Waals surface area contributed by atoms with Crippen LogP contribution in [-0.4, -0.2) is 23.4 Å². The molecule has 0 unspecified atom stereocenters. The molecule has 1 aromatic heterocycles. The van der Waals surface area contributed by atoms with Crippen molar-refractivity contribution in [2.45, 2.75) is 13.5 Å². The molecule has 100 valence electrons. The number of rotatable bonds is 3. The van der Waals surface area contributed by atoms with Crippen LogP contribution in [0.25, 0.3) is 0 Å². The van der Waals surface area contributed by atoms with Crippen molar-refractivity contribution in [3.8, 4) is 11.5 Å². The average Bonchev–Trinajstić information content (AvgIpc) is 2.82. The Morgan fingerprint density at radius 2 is 2.05 bits per heavy atom. The maximum atomic E-state index is 6.00. The number of anilines is 2. The Labute approximate surface area is 110 Å². The van der Waals surface area contributed by atoms with Crippen molar-refractivity contribution in [2.75, 3.05) is 24.3 Å². The van der Waals surface area contributed by atoms with Crippen molar-refractivity contribution < 1.29 is 9.47 Å². The lowest BCUT2D eigenvalue weighted by Gasteiger charge is -2.20. The molecular weight excluding hydrogens is 244 g/mol. The van der Waals surface area contributed by atoms with Gasteiger partial charge in [-0.25, -0.2) is 0 Å². The van der Waals surface area contributed by atoms with Crippen LogP contribution >= 0.6 is 0 Å². The van der Waals surface area contributed by atoms with E-state index in [4.69, 9.17) is 15.2 Å². The number of hydrogen-bond acceptors (Lipinski definition) is 5. The zero-order valence-electron chi connectivity index (χ0n) is 10.7. The fraction of sp³-hybridized carbons (Fsp3) is 0.308. The topological polar surface area (TPSA) is 85.2 Å². The summed E-state index contributed by atoms with van der Waals surface area (Å²) in [5, 5.41) is 10.2. The van der Waals surface area contributed by atoms with Crippen molar-refractivity contribution in [3.63, 3.8) is 0 Å². The fourth-order valence-corrected chi connectivity index (χ4v) is 2.00. The number of aromatic amines is 1. The number of H-pyrrole nitrogens is 1. The highest BCUT2D eigenvalue weighted by Crippen LogP contribution is 2.37. The first kappa shape index (κ1) is 11.7. The van der Waals surface area contributed by atoms with E-state index in [1.165, 1.54) is 0 Å². The molecule has 2 heterocycles. The molecule has 6 heteroatoms. The maximum absolute atomic E-state index is 6.00. The zero-order chi connectivity index (χ0) is 13.2. The van der Waals surface area contributed by atoms with E-state index in [1.807, 2.05) is 13.0 Å². The number of nitrogens with zero attached hydrogens (tertiary/aromatic N) is 1. The summed E-state index contributed by atoms with van der Waals surface area (Å²) in [6.45, 7) is 3.77. The average molecular weight is 260 g/mol. The molecule has 0 spiro atoms.